The highest BCUT2D eigenvalue weighted by Gasteiger charge is 2.42. The van der Waals surface area contributed by atoms with Crippen LogP contribution in [0.15, 0.2) is 0 Å². The van der Waals surface area contributed by atoms with E-state index >= 15 is 0 Å². The van der Waals surface area contributed by atoms with Crippen LogP contribution in [0.4, 0.5) is 0 Å². The SMILES string of the molecule is CCCC1(C(=O)O)CCN(C(=O)C2CCCCC2)CC1. The van der Waals surface area contributed by atoms with Crippen molar-refractivity contribution in [3.63, 3.8) is 0 Å². The van der Waals surface area contributed by atoms with Crippen LogP contribution in [0.2, 0.25) is 0 Å². The summed E-state index contributed by atoms with van der Waals surface area (Å²) in [5, 5.41) is 9.49. The predicted molar refractivity (Wildman–Crippen MR) is 77.4 cm³/mol. The van der Waals surface area contributed by atoms with Crippen LogP contribution in [0.1, 0.15) is 64.7 Å². The van der Waals surface area contributed by atoms with E-state index in [0.717, 1.165) is 25.7 Å². The minimum Gasteiger partial charge on any atom is -0.481 e. The second-order valence-corrected chi connectivity index (χ2v) is 6.50. The first-order chi connectivity index (χ1) is 9.59. The summed E-state index contributed by atoms with van der Waals surface area (Å²) in [7, 11) is 0. The molecule has 1 aliphatic carbocycles. The van der Waals surface area contributed by atoms with Crippen molar-refractivity contribution in [2.45, 2.75) is 64.7 Å². The van der Waals surface area contributed by atoms with E-state index in [1.807, 2.05) is 11.8 Å². The number of rotatable bonds is 4. The number of carboxylic acids is 1. The second-order valence-electron chi connectivity index (χ2n) is 6.50. The first-order valence-corrected chi connectivity index (χ1v) is 8.11. The van der Waals surface area contributed by atoms with Crippen molar-refractivity contribution in [3.05, 3.63) is 0 Å². The molecule has 0 aromatic heterocycles. The maximum absolute atomic E-state index is 12.5. The van der Waals surface area contributed by atoms with Gasteiger partial charge in [0.05, 0.1) is 5.41 Å². The minimum atomic E-state index is -0.677. The number of hydrogen-bond acceptors (Lipinski definition) is 2. The van der Waals surface area contributed by atoms with Gasteiger partial charge in [0.25, 0.3) is 0 Å². The van der Waals surface area contributed by atoms with Crippen LogP contribution >= 0.6 is 0 Å². The summed E-state index contributed by atoms with van der Waals surface area (Å²) >= 11 is 0. The average molecular weight is 281 g/mol. The third-order valence-corrected chi connectivity index (χ3v) is 5.17. The van der Waals surface area contributed by atoms with Gasteiger partial charge in [-0.1, -0.05) is 32.6 Å². The molecule has 2 rings (SSSR count). The second kappa shape index (κ2) is 6.59. The van der Waals surface area contributed by atoms with Gasteiger partial charge in [-0.3, -0.25) is 9.59 Å². The molecule has 1 saturated heterocycles. The third kappa shape index (κ3) is 3.15. The lowest BCUT2D eigenvalue weighted by Gasteiger charge is -2.40. The van der Waals surface area contributed by atoms with Gasteiger partial charge in [0, 0.05) is 19.0 Å². The van der Waals surface area contributed by atoms with Gasteiger partial charge in [-0.05, 0) is 32.1 Å². The van der Waals surface area contributed by atoms with E-state index in [4.69, 9.17) is 0 Å². The smallest absolute Gasteiger partial charge is 0.309 e. The van der Waals surface area contributed by atoms with E-state index in [-0.39, 0.29) is 11.8 Å². The van der Waals surface area contributed by atoms with E-state index in [0.29, 0.717) is 25.9 Å². The van der Waals surface area contributed by atoms with Crippen molar-refractivity contribution in [3.8, 4) is 0 Å². The van der Waals surface area contributed by atoms with E-state index in [1.165, 1.54) is 19.3 Å². The molecule has 4 nitrogen and oxygen atoms in total. The summed E-state index contributed by atoms with van der Waals surface area (Å²) < 4.78 is 0. The van der Waals surface area contributed by atoms with E-state index < -0.39 is 11.4 Å². The standard InChI is InChI=1S/C16H27NO3/c1-2-8-16(15(19)20)9-11-17(12-10-16)14(18)13-6-4-3-5-7-13/h13H,2-12H2,1H3,(H,19,20). The summed E-state index contributed by atoms with van der Waals surface area (Å²) in [6.07, 6.45) is 8.49. The maximum atomic E-state index is 12.5. The van der Waals surface area contributed by atoms with Crippen LogP contribution in [-0.2, 0) is 9.59 Å². The summed E-state index contributed by atoms with van der Waals surface area (Å²) in [6, 6.07) is 0. The van der Waals surface area contributed by atoms with Crippen LogP contribution in [-0.4, -0.2) is 35.0 Å². The van der Waals surface area contributed by atoms with Crippen LogP contribution < -0.4 is 0 Å². The fourth-order valence-electron chi connectivity index (χ4n) is 3.81. The van der Waals surface area contributed by atoms with Crippen LogP contribution in [0.3, 0.4) is 0 Å². The Hall–Kier alpha value is -1.06. The predicted octanol–water partition coefficient (Wildman–Crippen LogP) is 3.06. The Kier molecular flexibility index (Phi) is 5.06. The molecular weight excluding hydrogens is 254 g/mol. The van der Waals surface area contributed by atoms with Crippen LogP contribution in [0.25, 0.3) is 0 Å². The van der Waals surface area contributed by atoms with Crippen molar-refractivity contribution in [1.29, 1.82) is 0 Å². The van der Waals surface area contributed by atoms with Crippen LogP contribution in [0, 0.1) is 11.3 Å². The van der Waals surface area contributed by atoms with Gasteiger partial charge in [0.2, 0.25) is 5.91 Å². The van der Waals surface area contributed by atoms with Crippen molar-refractivity contribution >= 4 is 11.9 Å². The van der Waals surface area contributed by atoms with Gasteiger partial charge in [0.1, 0.15) is 0 Å². The molecule has 1 saturated carbocycles. The molecule has 0 aromatic rings. The first kappa shape index (κ1) is 15.3. The fraction of sp³-hybridized carbons (Fsp3) is 0.875. The third-order valence-electron chi connectivity index (χ3n) is 5.17. The number of nitrogens with zero attached hydrogens (tertiary/aromatic N) is 1. The Labute approximate surface area is 121 Å². The summed E-state index contributed by atoms with van der Waals surface area (Å²) in [6.45, 7) is 3.29. The number of likely N-dealkylation sites (tertiary alicyclic amines) is 1. The van der Waals surface area contributed by atoms with Crippen molar-refractivity contribution in [1.82, 2.24) is 4.90 Å². The van der Waals surface area contributed by atoms with Crippen LogP contribution in [0.5, 0.6) is 0 Å². The maximum Gasteiger partial charge on any atom is 0.309 e. The molecule has 0 bridgehead atoms. The summed E-state index contributed by atoms with van der Waals surface area (Å²) in [4.78, 5) is 25.9. The van der Waals surface area contributed by atoms with Gasteiger partial charge < -0.3 is 10.0 Å². The fourth-order valence-corrected chi connectivity index (χ4v) is 3.81. The molecule has 2 fully saturated rings. The zero-order valence-electron chi connectivity index (χ0n) is 12.6. The quantitative estimate of drug-likeness (QED) is 0.861. The molecular formula is C16H27NO3. The average Bonchev–Trinajstić information content (AvgIpc) is 2.48. The van der Waals surface area contributed by atoms with Crippen molar-refractivity contribution in [2.24, 2.45) is 11.3 Å². The lowest BCUT2D eigenvalue weighted by Crippen LogP contribution is -2.48. The van der Waals surface area contributed by atoms with Crippen molar-refractivity contribution in [2.75, 3.05) is 13.1 Å². The van der Waals surface area contributed by atoms with E-state index in [2.05, 4.69) is 0 Å². The Morgan fingerprint density at radius 3 is 2.25 bits per heavy atom. The van der Waals surface area contributed by atoms with Gasteiger partial charge in [0.15, 0.2) is 0 Å². The number of amides is 1. The summed E-state index contributed by atoms with van der Waals surface area (Å²) in [5.41, 5.74) is -0.585. The van der Waals surface area contributed by atoms with E-state index in [9.17, 15) is 14.7 Å². The first-order valence-electron chi connectivity index (χ1n) is 8.11. The molecule has 0 atom stereocenters. The Morgan fingerprint density at radius 2 is 1.75 bits per heavy atom. The van der Waals surface area contributed by atoms with Gasteiger partial charge in [-0.2, -0.15) is 0 Å². The largest absolute Gasteiger partial charge is 0.481 e. The number of piperidine rings is 1. The molecule has 0 radical (unpaired) electrons. The lowest BCUT2D eigenvalue weighted by molar-refractivity contribution is -0.156. The Morgan fingerprint density at radius 1 is 1.15 bits per heavy atom. The zero-order valence-corrected chi connectivity index (χ0v) is 12.6. The highest BCUT2D eigenvalue weighted by atomic mass is 16.4. The molecule has 114 valence electrons. The van der Waals surface area contributed by atoms with Gasteiger partial charge >= 0.3 is 5.97 Å². The number of hydrogen-bond donors (Lipinski definition) is 1. The molecule has 0 spiro atoms. The molecule has 1 N–H and O–H groups in total. The Bertz CT molecular complexity index is 353. The highest BCUT2D eigenvalue weighted by Crippen LogP contribution is 2.37. The molecule has 0 unspecified atom stereocenters. The molecule has 2 aliphatic rings. The highest BCUT2D eigenvalue weighted by molar-refractivity contribution is 5.80. The van der Waals surface area contributed by atoms with E-state index in [1.54, 1.807) is 0 Å². The Balaban J connectivity index is 1.92. The molecule has 20 heavy (non-hydrogen) atoms. The molecule has 1 aliphatic heterocycles. The number of carboxylic acid groups (broad SMARTS) is 1. The van der Waals surface area contributed by atoms with Gasteiger partial charge in [-0.25, -0.2) is 0 Å². The number of carbonyl (C=O) groups is 2. The molecule has 4 heteroatoms. The normalized spacial score (nSPS) is 23.6. The molecule has 1 heterocycles. The number of carbonyl (C=O) groups excluding carboxylic acids is 1. The van der Waals surface area contributed by atoms with Crippen molar-refractivity contribution < 1.29 is 14.7 Å². The monoisotopic (exact) mass is 281 g/mol. The molecule has 0 aromatic carbocycles. The topological polar surface area (TPSA) is 57.6 Å². The molecule has 1 amide bonds. The number of aliphatic carboxylic acids is 1. The zero-order chi connectivity index (χ0) is 14.6. The van der Waals surface area contributed by atoms with Gasteiger partial charge in [-0.15, -0.1) is 0 Å². The minimum absolute atomic E-state index is 0.201. The lowest BCUT2D eigenvalue weighted by atomic mass is 9.74. The summed E-state index contributed by atoms with van der Waals surface area (Å²) in [5.74, 6) is -0.198.